The number of nitrogens with one attached hydrogen (secondary N) is 1. The van der Waals surface area contributed by atoms with Gasteiger partial charge in [0.05, 0.1) is 12.5 Å². The minimum absolute atomic E-state index is 0.127. The van der Waals surface area contributed by atoms with Crippen molar-refractivity contribution in [3.8, 4) is 6.07 Å². The summed E-state index contributed by atoms with van der Waals surface area (Å²) in [5.41, 5.74) is 0.369. The van der Waals surface area contributed by atoms with Crippen molar-refractivity contribution in [2.45, 2.75) is 32.7 Å². The van der Waals surface area contributed by atoms with Gasteiger partial charge in [0.2, 0.25) is 0 Å². The van der Waals surface area contributed by atoms with E-state index in [1.54, 1.807) is 24.3 Å². The molecule has 1 aromatic carbocycles. The van der Waals surface area contributed by atoms with E-state index in [0.29, 0.717) is 17.0 Å². The molecule has 0 aromatic heterocycles. The number of esters is 1. The van der Waals surface area contributed by atoms with Gasteiger partial charge in [0.15, 0.2) is 6.61 Å². The number of rotatable bonds is 9. The van der Waals surface area contributed by atoms with Gasteiger partial charge in [-0.25, -0.2) is 4.79 Å². The number of benzene rings is 1. The summed E-state index contributed by atoms with van der Waals surface area (Å²) in [7, 11) is 1.53. The molecule has 0 saturated carbocycles. The van der Waals surface area contributed by atoms with Crippen molar-refractivity contribution < 1.29 is 19.1 Å². The molecule has 0 saturated heterocycles. The Morgan fingerprint density at radius 1 is 1.26 bits per heavy atom. The lowest BCUT2D eigenvalue weighted by Crippen LogP contribution is -2.44. The van der Waals surface area contributed by atoms with Crippen LogP contribution in [0.25, 0.3) is 0 Å². The minimum Gasteiger partial charge on any atom is -0.454 e. The Balaban J connectivity index is 2.68. The highest BCUT2D eigenvalue weighted by Crippen LogP contribution is 2.11. The lowest BCUT2D eigenvalue weighted by molar-refractivity contribution is -0.153. The van der Waals surface area contributed by atoms with Crippen LogP contribution in [-0.4, -0.2) is 48.9 Å². The predicted molar refractivity (Wildman–Crippen MR) is 101 cm³/mol. The second kappa shape index (κ2) is 11.2. The maximum absolute atomic E-state index is 12.4. The van der Waals surface area contributed by atoms with Gasteiger partial charge in [-0.2, -0.15) is 5.26 Å². The van der Waals surface area contributed by atoms with Gasteiger partial charge in [-0.1, -0.05) is 25.4 Å². The van der Waals surface area contributed by atoms with Crippen molar-refractivity contribution in [3.63, 3.8) is 0 Å². The fourth-order valence-corrected chi connectivity index (χ4v) is 2.34. The van der Waals surface area contributed by atoms with E-state index < -0.39 is 30.4 Å². The summed E-state index contributed by atoms with van der Waals surface area (Å²) < 4.78 is 5.07. The fourth-order valence-electron chi connectivity index (χ4n) is 2.21. The number of amides is 2. The summed E-state index contributed by atoms with van der Waals surface area (Å²) in [5.74, 6) is -1.38. The average molecular weight is 394 g/mol. The number of carbonyl (C=O) groups excluding carboxylic acids is 3. The Labute approximate surface area is 164 Å². The van der Waals surface area contributed by atoms with Crippen LogP contribution in [0.5, 0.6) is 0 Å². The third kappa shape index (κ3) is 8.09. The highest BCUT2D eigenvalue weighted by Gasteiger charge is 2.25. The van der Waals surface area contributed by atoms with Gasteiger partial charge in [-0.05, 0) is 36.6 Å². The van der Waals surface area contributed by atoms with Gasteiger partial charge in [0.1, 0.15) is 6.04 Å². The summed E-state index contributed by atoms with van der Waals surface area (Å²) >= 11 is 5.81. The van der Waals surface area contributed by atoms with E-state index in [9.17, 15) is 14.4 Å². The van der Waals surface area contributed by atoms with Crippen molar-refractivity contribution >= 4 is 29.4 Å². The van der Waals surface area contributed by atoms with E-state index in [1.165, 1.54) is 11.9 Å². The second-order valence-electron chi connectivity index (χ2n) is 6.49. The molecule has 8 heteroatoms. The number of nitrogens with zero attached hydrogens (tertiary/aromatic N) is 2. The molecular weight excluding hydrogens is 370 g/mol. The normalized spacial score (nSPS) is 11.4. The summed E-state index contributed by atoms with van der Waals surface area (Å²) in [6.07, 6.45) is 0.569. The number of ether oxygens (including phenoxy) is 1. The van der Waals surface area contributed by atoms with Crippen molar-refractivity contribution in [1.29, 1.82) is 5.26 Å². The first kappa shape index (κ1) is 22.5. The SMILES string of the molecule is CC(C)CC(NC(=O)c1ccc(Cl)cc1)C(=O)OCC(=O)N(C)CCC#N. The first-order chi connectivity index (χ1) is 12.7. The number of nitriles is 1. The van der Waals surface area contributed by atoms with Gasteiger partial charge in [-0.3, -0.25) is 9.59 Å². The van der Waals surface area contributed by atoms with Crippen LogP contribution in [0, 0.1) is 17.2 Å². The Kier molecular flexibility index (Phi) is 9.31. The lowest BCUT2D eigenvalue weighted by Gasteiger charge is -2.20. The number of carbonyl (C=O) groups is 3. The third-order valence-corrected chi connectivity index (χ3v) is 3.98. The maximum Gasteiger partial charge on any atom is 0.329 e. The molecule has 0 aliphatic heterocycles. The van der Waals surface area contributed by atoms with Gasteiger partial charge >= 0.3 is 5.97 Å². The van der Waals surface area contributed by atoms with E-state index in [4.69, 9.17) is 21.6 Å². The van der Waals surface area contributed by atoms with Crippen LogP contribution in [0.4, 0.5) is 0 Å². The molecular formula is C19H24ClN3O4. The smallest absolute Gasteiger partial charge is 0.329 e. The zero-order valence-corrected chi connectivity index (χ0v) is 16.5. The van der Waals surface area contributed by atoms with E-state index in [-0.39, 0.29) is 18.9 Å². The quantitative estimate of drug-likeness (QED) is 0.649. The Hall–Kier alpha value is -2.59. The van der Waals surface area contributed by atoms with Gasteiger partial charge < -0.3 is 15.0 Å². The van der Waals surface area contributed by atoms with Gasteiger partial charge in [-0.15, -0.1) is 0 Å². The van der Waals surface area contributed by atoms with Crippen molar-refractivity contribution in [1.82, 2.24) is 10.2 Å². The molecule has 1 rings (SSSR count). The first-order valence-corrected chi connectivity index (χ1v) is 8.96. The number of halogens is 1. The highest BCUT2D eigenvalue weighted by atomic mass is 35.5. The molecule has 1 atom stereocenters. The molecule has 0 aliphatic rings. The molecule has 0 aliphatic carbocycles. The van der Waals surface area contributed by atoms with Gasteiger partial charge in [0.25, 0.3) is 11.8 Å². The lowest BCUT2D eigenvalue weighted by atomic mass is 10.0. The van der Waals surface area contributed by atoms with E-state index in [1.807, 2.05) is 19.9 Å². The molecule has 146 valence electrons. The van der Waals surface area contributed by atoms with Crippen molar-refractivity contribution in [2.24, 2.45) is 5.92 Å². The molecule has 0 fully saturated rings. The summed E-state index contributed by atoms with van der Waals surface area (Å²) in [6.45, 7) is 3.65. The minimum atomic E-state index is -0.870. The highest BCUT2D eigenvalue weighted by molar-refractivity contribution is 6.30. The zero-order chi connectivity index (χ0) is 20.4. The van der Waals surface area contributed by atoms with Crippen LogP contribution >= 0.6 is 11.6 Å². The van der Waals surface area contributed by atoms with E-state index in [2.05, 4.69) is 5.32 Å². The van der Waals surface area contributed by atoms with Crippen LogP contribution in [-0.2, 0) is 14.3 Å². The number of likely N-dealkylation sites (N-methyl/N-ethyl adjacent to an activating group) is 1. The standard InChI is InChI=1S/C19H24ClN3O4/c1-13(2)11-16(22-18(25)14-5-7-15(20)8-6-14)19(26)27-12-17(24)23(3)10-4-9-21/h5-8,13,16H,4,10-12H2,1-3H3,(H,22,25). The Bertz CT molecular complexity index is 698. The molecule has 0 heterocycles. The monoisotopic (exact) mass is 393 g/mol. The second-order valence-corrected chi connectivity index (χ2v) is 6.93. The zero-order valence-electron chi connectivity index (χ0n) is 15.7. The molecule has 2 amide bonds. The molecule has 1 N–H and O–H groups in total. The van der Waals surface area contributed by atoms with Crippen LogP contribution in [0.1, 0.15) is 37.0 Å². The van der Waals surface area contributed by atoms with Crippen molar-refractivity contribution in [3.05, 3.63) is 34.9 Å². The summed E-state index contributed by atoms with van der Waals surface area (Å²) in [5, 5.41) is 11.7. The molecule has 27 heavy (non-hydrogen) atoms. The van der Waals surface area contributed by atoms with Crippen LogP contribution in [0.15, 0.2) is 24.3 Å². The molecule has 0 spiro atoms. The molecule has 0 radical (unpaired) electrons. The number of hydrogen-bond donors (Lipinski definition) is 1. The molecule has 1 unspecified atom stereocenters. The van der Waals surface area contributed by atoms with Crippen LogP contribution in [0.3, 0.4) is 0 Å². The van der Waals surface area contributed by atoms with Gasteiger partial charge in [0, 0.05) is 24.2 Å². The Morgan fingerprint density at radius 2 is 1.89 bits per heavy atom. The van der Waals surface area contributed by atoms with Crippen LogP contribution < -0.4 is 5.32 Å². The fraction of sp³-hybridized carbons (Fsp3) is 0.474. The van der Waals surface area contributed by atoms with E-state index >= 15 is 0 Å². The first-order valence-electron chi connectivity index (χ1n) is 8.58. The molecule has 7 nitrogen and oxygen atoms in total. The molecule has 1 aromatic rings. The van der Waals surface area contributed by atoms with Crippen LogP contribution in [0.2, 0.25) is 5.02 Å². The largest absolute Gasteiger partial charge is 0.454 e. The predicted octanol–water partition coefficient (Wildman–Crippen LogP) is 2.40. The topological polar surface area (TPSA) is 99.5 Å². The van der Waals surface area contributed by atoms with Crippen molar-refractivity contribution in [2.75, 3.05) is 20.2 Å². The molecule has 0 bridgehead atoms. The summed E-state index contributed by atoms with van der Waals surface area (Å²) in [4.78, 5) is 37.9. The number of hydrogen-bond acceptors (Lipinski definition) is 5. The maximum atomic E-state index is 12.4. The third-order valence-electron chi connectivity index (χ3n) is 3.73. The summed E-state index contributed by atoms with van der Waals surface area (Å²) in [6, 6.07) is 7.36. The Morgan fingerprint density at radius 3 is 2.44 bits per heavy atom. The van der Waals surface area contributed by atoms with E-state index in [0.717, 1.165) is 0 Å². The average Bonchev–Trinajstić information content (AvgIpc) is 2.63.